The molecule has 0 bridgehead atoms. The summed E-state index contributed by atoms with van der Waals surface area (Å²) in [7, 11) is 1.40. The van der Waals surface area contributed by atoms with Gasteiger partial charge in [-0.3, -0.25) is 4.79 Å². The molecule has 41 heavy (non-hydrogen) atoms. The average Bonchev–Trinajstić information content (AvgIpc) is 2.90. The Bertz CT molecular complexity index is 1550. The van der Waals surface area contributed by atoms with Gasteiger partial charge in [0.25, 0.3) is 5.91 Å². The van der Waals surface area contributed by atoms with E-state index in [0.717, 1.165) is 5.57 Å². The molecule has 1 saturated heterocycles. The average molecular weight is 570 g/mol. The minimum Gasteiger partial charge on any atom is -0.508 e. The van der Waals surface area contributed by atoms with Crippen LogP contribution in [0.1, 0.15) is 49.2 Å². The number of benzene rings is 2. The number of methoxy groups -OCH3 is 1. The molecule has 1 aromatic heterocycles. The Labute approximate surface area is 236 Å². The van der Waals surface area contributed by atoms with Crippen molar-refractivity contribution >= 4 is 22.6 Å². The zero-order valence-corrected chi connectivity index (χ0v) is 23.7. The van der Waals surface area contributed by atoms with Crippen molar-refractivity contribution in [2.45, 2.75) is 71.2 Å². The van der Waals surface area contributed by atoms with Crippen LogP contribution < -0.4 is 15.7 Å². The van der Waals surface area contributed by atoms with Gasteiger partial charge in [-0.2, -0.15) is 0 Å². The molecule has 5 N–H and O–H groups in total. The first-order valence-electron chi connectivity index (χ1n) is 13.0. The number of aryl methyl sites for hydroxylation is 1. The number of fused-ring (bicyclic) bond motifs is 1. The van der Waals surface area contributed by atoms with Gasteiger partial charge in [0.1, 0.15) is 35.4 Å². The zero-order chi connectivity index (χ0) is 30.2. The fraction of sp³-hybridized carbons (Fsp3) is 0.400. The molecule has 11 heteroatoms. The monoisotopic (exact) mass is 569 g/mol. The van der Waals surface area contributed by atoms with Crippen molar-refractivity contribution in [2.75, 3.05) is 12.4 Å². The highest BCUT2D eigenvalue weighted by molar-refractivity contribution is 6.06. The summed E-state index contributed by atoms with van der Waals surface area (Å²) in [5.41, 5.74) is -0.390. The van der Waals surface area contributed by atoms with E-state index in [9.17, 15) is 30.0 Å². The molecule has 3 aromatic rings. The van der Waals surface area contributed by atoms with E-state index >= 15 is 0 Å². The molecule has 1 aliphatic heterocycles. The molecule has 4 atom stereocenters. The van der Waals surface area contributed by atoms with E-state index in [1.807, 2.05) is 19.9 Å². The number of rotatable bonds is 7. The Morgan fingerprint density at radius 1 is 1.12 bits per heavy atom. The van der Waals surface area contributed by atoms with E-state index in [4.69, 9.17) is 18.6 Å². The predicted molar refractivity (Wildman–Crippen MR) is 150 cm³/mol. The molecule has 0 unspecified atom stereocenters. The number of carbonyl (C=O) groups is 1. The van der Waals surface area contributed by atoms with Crippen molar-refractivity contribution in [2.24, 2.45) is 0 Å². The fourth-order valence-corrected chi connectivity index (χ4v) is 4.82. The fourth-order valence-electron chi connectivity index (χ4n) is 4.82. The Hall–Kier alpha value is -3.90. The molecular weight excluding hydrogens is 534 g/mol. The lowest BCUT2D eigenvalue weighted by atomic mass is 9.89. The largest absolute Gasteiger partial charge is 0.508 e. The van der Waals surface area contributed by atoms with Crippen LogP contribution in [0.4, 0.5) is 5.69 Å². The first-order chi connectivity index (χ1) is 19.2. The van der Waals surface area contributed by atoms with Crippen LogP contribution in [0.3, 0.4) is 0 Å². The van der Waals surface area contributed by atoms with Gasteiger partial charge >= 0.3 is 5.63 Å². The van der Waals surface area contributed by atoms with Gasteiger partial charge in [0.2, 0.25) is 6.29 Å². The minimum atomic E-state index is -1.44. The van der Waals surface area contributed by atoms with Gasteiger partial charge in [-0.1, -0.05) is 11.6 Å². The highest BCUT2D eigenvalue weighted by Crippen LogP contribution is 2.38. The van der Waals surface area contributed by atoms with Crippen LogP contribution in [0, 0.1) is 6.92 Å². The zero-order valence-electron chi connectivity index (χ0n) is 23.7. The topological polar surface area (TPSA) is 168 Å². The molecule has 11 nitrogen and oxygen atoms in total. The van der Waals surface area contributed by atoms with Crippen LogP contribution in [0.2, 0.25) is 0 Å². The van der Waals surface area contributed by atoms with Crippen molar-refractivity contribution < 1.29 is 43.8 Å². The molecule has 0 aliphatic carbocycles. The number of hydrogen-bond donors (Lipinski definition) is 5. The summed E-state index contributed by atoms with van der Waals surface area (Å²) in [5, 5.41) is 44.7. The van der Waals surface area contributed by atoms with Crippen LogP contribution in [0.5, 0.6) is 17.2 Å². The van der Waals surface area contributed by atoms with Crippen molar-refractivity contribution in [3.63, 3.8) is 0 Å². The van der Waals surface area contributed by atoms with Gasteiger partial charge in [-0.25, -0.2) is 4.79 Å². The number of aromatic hydroxyl groups is 2. The minimum absolute atomic E-state index is 0.00322. The summed E-state index contributed by atoms with van der Waals surface area (Å²) in [4.78, 5) is 25.8. The Morgan fingerprint density at radius 3 is 2.49 bits per heavy atom. The summed E-state index contributed by atoms with van der Waals surface area (Å²) in [6.07, 6.45) is -2.49. The van der Waals surface area contributed by atoms with Gasteiger partial charge in [-0.05, 0) is 76.9 Å². The third kappa shape index (κ3) is 5.94. The maximum atomic E-state index is 13.0. The molecule has 220 valence electrons. The Morgan fingerprint density at radius 2 is 1.83 bits per heavy atom. The molecular formula is C30H35NO10. The smallest absolute Gasteiger partial charge is 0.364 e. The van der Waals surface area contributed by atoms with Gasteiger partial charge in [0.15, 0.2) is 11.4 Å². The lowest BCUT2D eigenvalue weighted by Gasteiger charge is -2.46. The Balaban J connectivity index is 1.62. The molecule has 0 saturated carbocycles. The van der Waals surface area contributed by atoms with Gasteiger partial charge in [-0.15, -0.1) is 0 Å². The summed E-state index contributed by atoms with van der Waals surface area (Å²) < 4.78 is 22.5. The molecule has 2 aromatic carbocycles. The number of phenolic OH excluding ortho intramolecular Hbond substituents is 1. The lowest BCUT2D eigenvalue weighted by molar-refractivity contribution is -0.306. The number of allylic oxidation sites excluding steroid dienone is 2. The maximum absolute atomic E-state index is 13.0. The van der Waals surface area contributed by atoms with E-state index in [2.05, 4.69) is 5.32 Å². The van der Waals surface area contributed by atoms with Crippen LogP contribution in [-0.2, 0) is 15.9 Å². The number of anilines is 1. The third-order valence-corrected chi connectivity index (χ3v) is 7.10. The van der Waals surface area contributed by atoms with Crippen LogP contribution in [-0.4, -0.2) is 63.6 Å². The number of carbonyl (C=O) groups excluding carboxylic acids is 1. The SMILES string of the molecule is CO[C@H]1[C@@H](O)[C@@H](O)[C@H](Oc2ccc3c(O)c(NC(=O)c4ccc(O)c(CC=C(C)C)c4)c(=O)oc3c2C)OC1(C)C. The standard InChI is InChI=1S/C30H35NO10/c1-14(2)7-8-16-13-17(9-11-19(16)32)27(36)31-21-22(33)18-10-12-20(15(3)25(18)40-28(21)37)39-29-24(35)23(34)26(38-6)30(4,5)41-29/h7,9-13,23-24,26,29,32-35H,8H2,1-6H3,(H,31,36)/t23-,24+,26-,29+/m0/s1. The second kappa shape index (κ2) is 11.5. The summed E-state index contributed by atoms with van der Waals surface area (Å²) in [6.45, 7) is 8.80. The van der Waals surface area contributed by atoms with Crippen LogP contribution in [0.15, 0.2) is 51.2 Å². The predicted octanol–water partition coefficient (Wildman–Crippen LogP) is 3.52. The highest BCUT2D eigenvalue weighted by Gasteiger charge is 2.50. The van der Waals surface area contributed by atoms with Crippen molar-refractivity contribution in [1.29, 1.82) is 0 Å². The number of aliphatic hydroxyl groups is 2. The van der Waals surface area contributed by atoms with E-state index in [-0.39, 0.29) is 28.0 Å². The van der Waals surface area contributed by atoms with E-state index < -0.39 is 53.2 Å². The number of nitrogens with one attached hydrogen (secondary N) is 1. The first kappa shape index (κ1) is 30.1. The molecule has 1 fully saturated rings. The lowest BCUT2D eigenvalue weighted by Crippen LogP contribution is -2.63. The van der Waals surface area contributed by atoms with Gasteiger partial charge in [0, 0.05) is 18.2 Å². The second-order valence-electron chi connectivity index (χ2n) is 10.8. The maximum Gasteiger partial charge on any atom is 0.364 e. The molecule has 4 rings (SSSR count). The number of amides is 1. The van der Waals surface area contributed by atoms with E-state index in [1.165, 1.54) is 37.4 Å². The summed E-state index contributed by atoms with van der Waals surface area (Å²) in [6, 6.07) is 7.21. The Kier molecular flexibility index (Phi) is 8.46. The molecule has 1 amide bonds. The van der Waals surface area contributed by atoms with Crippen molar-refractivity contribution in [1.82, 2.24) is 0 Å². The van der Waals surface area contributed by atoms with Gasteiger partial charge in [0.05, 0.1) is 11.0 Å². The number of aliphatic hydroxyl groups excluding tert-OH is 2. The number of hydrogen-bond acceptors (Lipinski definition) is 10. The third-order valence-electron chi connectivity index (χ3n) is 7.10. The molecule has 0 radical (unpaired) electrons. The first-order valence-corrected chi connectivity index (χ1v) is 13.0. The number of ether oxygens (including phenoxy) is 3. The van der Waals surface area contributed by atoms with Crippen molar-refractivity contribution in [3.8, 4) is 17.2 Å². The van der Waals surface area contributed by atoms with Crippen LogP contribution in [0.25, 0.3) is 11.0 Å². The normalized spacial score (nSPS) is 21.9. The summed E-state index contributed by atoms with van der Waals surface area (Å²) in [5.74, 6) is -0.978. The number of phenols is 1. The summed E-state index contributed by atoms with van der Waals surface area (Å²) >= 11 is 0. The molecule has 0 spiro atoms. The van der Waals surface area contributed by atoms with E-state index in [1.54, 1.807) is 20.8 Å². The molecule has 1 aliphatic rings. The molecule has 2 heterocycles. The van der Waals surface area contributed by atoms with Gasteiger partial charge < -0.3 is 44.4 Å². The van der Waals surface area contributed by atoms with E-state index in [0.29, 0.717) is 17.5 Å². The second-order valence-corrected chi connectivity index (χ2v) is 10.8. The van der Waals surface area contributed by atoms with Crippen LogP contribution >= 0.6 is 0 Å². The highest BCUT2D eigenvalue weighted by atomic mass is 16.7. The van der Waals surface area contributed by atoms with Crippen molar-refractivity contribution in [3.05, 3.63) is 69.1 Å². The quantitative estimate of drug-likeness (QED) is 0.210.